The standard InChI is InChI=1S/C10H18N4O5S.ClH/c1-4-5(13-10(11)12)6-7(9(16)19-2)14(8(6)15)20(3,17)18;/h5-7H,4H2,1-3H3,(H4,11,12,13);1H/t5?,6-,7+;/m1./s1. The van der Waals surface area contributed by atoms with E-state index in [1.807, 2.05) is 0 Å². The number of carbonyl (C=O) groups excluding carboxylic acids is 2. The molecule has 1 fully saturated rings. The average molecular weight is 343 g/mol. The zero-order chi connectivity index (χ0) is 15.7. The van der Waals surface area contributed by atoms with Gasteiger partial charge in [-0.15, -0.1) is 12.4 Å². The number of carbonyl (C=O) groups is 2. The second kappa shape index (κ2) is 6.94. The number of nitrogens with two attached hydrogens (primary N) is 2. The summed E-state index contributed by atoms with van der Waals surface area (Å²) in [5.74, 6) is -2.70. The lowest BCUT2D eigenvalue weighted by atomic mass is 9.82. The van der Waals surface area contributed by atoms with Crippen molar-refractivity contribution in [3.8, 4) is 0 Å². The predicted molar refractivity (Wildman–Crippen MR) is 78.1 cm³/mol. The first kappa shape index (κ1) is 19.4. The zero-order valence-electron chi connectivity index (χ0n) is 11.8. The smallest absolute Gasteiger partial charge is 0.330 e. The molecule has 1 heterocycles. The molecule has 21 heavy (non-hydrogen) atoms. The Labute approximate surface area is 129 Å². The molecule has 11 heteroatoms. The van der Waals surface area contributed by atoms with Crippen molar-refractivity contribution in [1.82, 2.24) is 4.31 Å². The topological polar surface area (TPSA) is 145 Å². The lowest BCUT2D eigenvalue weighted by Crippen LogP contribution is -2.68. The van der Waals surface area contributed by atoms with E-state index in [1.165, 1.54) is 0 Å². The number of hydrogen-bond donors (Lipinski definition) is 2. The number of ether oxygens (including phenoxy) is 1. The second-order valence-electron chi connectivity index (χ2n) is 4.42. The largest absolute Gasteiger partial charge is 0.467 e. The van der Waals surface area contributed by atoms with E-state index >= 15 is 0 Å². The second-order valence-corrected chi connectivity index (χ2v) is 6.28. The monoisotopic (exact) mass is 342 g/mol. The summed E-state index contributed by atoms with van der Waals surface area (Å²) in [4.78, 5) is 27.6. The molecule has 1 aliphatic rings. The van der Waals surface area contributed by atoms with Gasteiger partial charge in [0, 0.05) is 0 Å². The van der Waals surface area contributed by atoms with Crippen LogP contribution in [0.3, 0.4) is 0 Å². The first-order valence-corrected chi connectivity index (χ1v) is 7.69. The molecule has 3 atom stereocenters. The summed E-state index contributed by atoms with van der Waals surface area (Å²) in [5.41, 5.74) is 10.5. The summed E-state index contributed by atoms with van der Waals surface area (Å²) in [6.07, 6.45) is 1.22. The van der Waals surface area contributed by atoms with Crippen LogP contribution in [0.25, 0.3) is 0 Å². The molecule has 0 aromatic heterocycles. The number of hydrogen-bond acceptors (Lipinski definition) is 6. The number of aliphatic imine (C=N–C) groups is 1. The van der Waals surface area contributed by atoms with Crippen LogP contribution in [0.2, 0.25) is 0 Å². The van der Waals surface area contributed by atoms with Gasteiger partial charge in [0.1, 0.15) is 0 Å². The molecule has 1 aliphatic heterocycles. The Bertz CT molecular complexity index is 546. The molecule has 1 amide bonds. The quantitative estimate of drug-likeness (QED) is 0.265. The molecule has 0 spiro atoms. The van der Waals surface area contributed by atoms with Crippen LogP contribution in [-0.2, 0) is 24.3 Å². The summed E-state index contributed by atoms with van der Waals surface area (Å²) >= 11 is 0. The third-order valence-corrected chi connectivity index (χ3v) is 4.16. The highest BCUT2D eigenvalue weighted by Gasteiger charge is 2.59. The van der Waals surface area contributed by atoms with Gasteiger partial charge in [0.15, 0.2) is 12.0 Å². The van der Waals surface area contributed by atoms with Crippen molar-refractivity contribution in [3.05, 3.63) is 0 Å². The molecule has 0 saturated carbocycles. The number of nitrogens with zero attached hydrogens (tertiary/aromatic N) is 2. The van der Waals surface area contributed by atoms with E-state index in [-0.39, 0.29) is 18.4 Å². The Morgan fingerprint density at radius 3 is 2.33 bits per heavy atom. The first-order chi connectivity index (χ1) is 9.15. The van der Waals surface area contributed by atoms with Crippen molar-refractivity contribution in [2.75, 3.05) is 13.4 Å². The maximum atomic E-state index is 12.0. The van der Waals surface area contributed by atoms with E-state index in [0.717, 1.165) is 13.4 Å². The van der Waals surface area contributed by atoms with Gasteiger partial charge in [-0.1, -0.05) is 6.92 Å². The van der Waals surface area contributed by atoms with Gasteiger partial charge in [0.2, 0.25) is 15.9 Å². The predicted octanol–water partition coefficient (Wildman–Crippen LogP) is -1.58. The molecule has 122 valence electrons. The Kier molecular flexibility index (Phi) is 6.43. The molecule has 1 rings (SSSR count). The highest BCUT2D eigenvalue weighted by Crippen LogP contribution is 2.35. The molecule has 0 aliphatic carbocycles. The molecule has 0 radical (unpaired) electrons. The number of esters is 1. The number of methoxy groups -OCH3 is 1. The number of guanidine groups is 1. The van der Waals surface area contributed by atoms with E-state index in [4.69, 9.17) is 11.5 Å². The van der Waals surface area contributed by atoms with Crippen molar-refractivity contribution in [1.29, 1.82) is 0 Å². The molecule has 0 aromatic carbocycles. The number of halogens is 1. The fourth-order valence-corrected chi connectivity index (χ4v) is 3.29. The Hall–Kier alpha value is -1.55. The van der Waals surface area contributed by atoms with Gasteiger partial charge in [-0.2, -0.15) is 0 Å². The van der Waals surface area contributed by atoms with Crippen LogP contribution >= 0.6 is 12.4 Å². The van der Waals surface area contributed by atoms with Crippen molar-refractivity contribution in [3.63, 3.8) is 0 Å². The van der Waals surface area contributed by atoms with Crippen molar-refractivity contribution in [2.45, 2.75) is 25.4 Å². The SMILES string of the molecule is CCC(N=C(N)N)[C@H]1C(=O)N(S(C)(=O)=O)[C@@H]1C(=O)OC.Cl. The van der Waals surface area contributed by atoms with Crippen LogP contribution in [0.5, 0.6) is 0 Å². The lowest BCUT2D eigenvalue weighted by molar-refractivity contribution is -0.165. The fraction of sp³-hybridized carbons (Fsp3) is 0.700. The van der Waals surface area contributed by atoms with E-state index in [1.54, 1.807) is 6.92 Å². The summed E-state index contributed by atoms with van der Waals surface area (Å²) in [5, 5.41) is 0. The average Bonchev–Trinajstić information content (AvgIpc) is 2.31. The summed E-state index contributed by atoms with van der Waals surface area (Å²) in [6, 6.07) is -1.90. The highest BCUT2D eigenvalue weighted by atomic mass is 35.5. The highest BCUT2D eigenvalue weighted by molar-refractivity contribution is 7.89. The van der Waals surface area contributed by atoms with Crippen LogP contribution in [0.4, 0.5) is 0 Å². The number of β-lactam (4-membered cyclic amide) rings is 1. The van der Waals surface area contributed by atoms with Crippen LogP contribution in [0.15, 0.2) is 4.99 Å². The first-order valence-electron chi connectivity index (χ1n) is 5.85. The van der Waals surface area contributed by atoms with Crippen LogP contribution in [-0.4, -0.2) is 56.0 Å². The van der Waals surface area contributed by atoms with E-state index in [2.05, 4.69) is 9.73 Å². The van der Waals surface area contributed by atoms with Crippen molar-refractivity contribution in [2.24, 2.45) is 22.4 Å². The Morgan fingerprint density at radius 1 is 1.48 bits per heavy atom. The van der Waals surface area contributed by atoms with Gasteiger partial charge in [-0.05, 0) is 6.42 Å². The molecule has 4 N–H and O–H groups in total. The molecular formula is C10H19ClN4O5S. The van der Waals surface area contributed by atoms with E-state index < -0.39 is 39.9 Å². The molecule has 9 nitrogen and oxygen atoms in total. The maximum Gasteiger partial charge on any atom is 0.330 e. The van der Waals surface area contributed by atoms with Gasteiger partial charge in [0.25, 0.3) is 0 Å². The van der Waals surface area contributed by atoms with Crippen LogP contribution in [0, 0.1) is 5.92 Å². The number of amides is 1. The lowest BCUT2D eigenvalue weighted by Gasteiger charge is -2.45. The minimum absolute atomic E-state index is 0. The zero-order valence-corrected chi connectivity index (χ0v) is 13.5. The van der Waals surface area contributed by atoms with Gasteiger partial charge in [-0.3, -0.25) is 4.79 Å². The van der Waals surface area contributed by atoms with E-state index in [0.29, 0.717) is 10.7 Å². The third kappa shape index (κ3) is 3.76. The van der Waals surface area contributed by atoms with Gasteiger partial charge in [0.05, 0.1) is 25.3 Å². The minimum atomic E-state index is -3.85. The van der Waals surface area contributed by atoms with Gasteiger partial charge >= 0.3 is 5.97 Å². The summed E-state index contributed by atoms with van der Waals surface area (Å²) < 4.78 is 28.1. The van der Waals surface area contributed by atoms with Crippen molar-refractivity contribution < 1.29 is 22.7 Å². The minimum Gasteiger partial charge on any atom is -0.467 e. The van der Waals surface area contributed by atoms with Crippen LogP contribution < -0.4 is 11.5 Å². The van der Waals surface area contributed by atoms with Crippen LogP contribution in [0.1, 0.15) is 13.3 Å². The molecular weight excluding hydrogens is 324 g/mol. The molecule has 0 aromatic rings. The summed E-state index contributed by atoms with van der Waals surface area (Å²) in [6.45, 7) is 1.72. The van der Waals surface area contributed by atoms with Gasteiger partial charge < -0.3 is 16.2 Å². The summed E-state index contributed by atoms with van der Waals surface area (Å²) in [7, 11) is -2.74. The normalized spacial score (nSPS) is 22.6. The van der Waals surface area contributed by atoms with Crippen molar-refractivity contribution >= 4 is 40.3 Å². The molecule has 0 bridgehead atoms. The molecule has 1 unspecified atom stereocenters. The Balaban J connectivity index is 0.00000400. The number of rotatable bonds is 5. The maximum absolute atomic E-state index is 12.0. The number of sulfonamides is 1. The molecule has 1 saturated heterocycles. The Morgan fingerprint density at radius 2 is 2.00 bits per heavy atom. The van der Waals surface area contributed by atoms with E-state index in [9.17, 15) is 18.0 Å². The fourth-order valence-electron chi connectivity index (χ4n) is 2.21. The third-order valence-electron chi connectivity index (χ3n) is 3.04. The van der Waals surface area contributed by atoms with Gasteiger partial charge in [-0.25, -0.2) is 22.5 Å².